The molecule has 6 saturated carbocycles. The standard InChI is InChI=1S/2C24H42F2O.2H2O.4H2/c1-3-5-17-6-8-18(9-7-17)19-10-12-20(13-11-19)21-14-15-22(27-16-4-2)24(26)23(21)25;1-3-5-6-17-7-9-18(10-8-17)19-11-13-20(14-12-19)21-15-16-22(27-4-2)24(26)23(21)25;;;;;;/h2*17-24H,3-16H2,1-2H3;2*1H2;4*1H. The van der Waals surface area contributed by atoms with Gasteiger partial charge in [-0.05, 0) is 175 Å². The SMILES string of the molecule is CCCCC1CCC(C2CCC(C3CCC(OCC)C(F)C3F)CC2)CC1.CCCOC1CCC(C2CCC(C3CCC(CCC)CC3)CC2)C(F)C1F.O.O.[HH].[HH].[HH].[HH]. The number of unbranched alkanes of at least 4 members (excludes halogenated alkanes) is 1. The van der Waals surface area contributed by atoms with Crippen molar-refractivity contribution in [1.82, 2.24) is 0 Å². The van der Waals surface area contributed by atoms with Crippen molar-refractivity contribution < 1.29 is 43.7 Å². The Morgan fingerprint density at radius 1 is 0.393 bits per heavy atom. The van der Waals surface area contributed by atoms with Gasteiger partial charge in [-0.3, -0.25) is 0 Å². The van der Waals surface area contributed by atoms with Crippen LogP contribution in [0.5, 0.6) is 0 Å². The molecule has 0 saturated heterocycles. The second-order valence-corrected chi connectivity index (χ2v) is 19.5. The van der Waals surface area contributed by atoms with Crippen LogP contribution < -0.4 is 0 Å². The summed E-state index contributed by atoms with van der Waals surface area (Å²) in [6.07, 6.45) is 25.2. The lowest BCUT2D eigenvalue weighted by molar-refractivity contribution is -0.0879. The van der Waals surface area contributed by atoms with E-state index in [4.69, 9.17) is 9.47 Å². The Labute approximate surface area is 347 Å². The van der Waals surface area contributed by atoms with Crippen molar-refractivity contribution in [3.63, 3.8) is 0 Å². The number of ether oxygens (including phenoxy) is 2. The van der Waals surface area contributed by atoms with Crippen LogP contribution in [0.25, 0.3) is 0 Å². The monoisotopic (exact) mass is 813 g/mol. The lowest BCUT2D eigenvalue weighted by Gasteiger charge is -2.43. The third-order valence-corrected chi connectivity index (χ3v) is 16.2. The third-order valence-electron chi connectivity index (χ3n) is 16.2. The van der Waals surface area contributed by atoms with E-state index in [9.17, 15) is 17.6 Å². The number of hydrogen-bond acceptors (Lipinski definition) is 2. The van der Waals surface area contributed by atoms with E-state index in [2.05, 4.69) is 13.8 Å². The van der Waals surface area contributed by atoms with E-state index in [1.807, 2.05) is 13.8 Å². The first kappa shape index (κ1) is 49.9. The number of rotatable bonds is 14. The minimum atomic E-state index is -1.42. The van der Waals surface area contributed by atoms with Crippen LogP contribution in [0.1, 0.15) is 200 Å². The average molecular weight is 813 g/mol. The van der Waals surface area contributed by atoms with E-state index < -0.39 is 36.9 Å². The molecule has 0 radical (unpaired) electrons. The number of halogens is 4. The van der Waals surface area contributed by atoms with Gasteiger partial charge in [0, 0.05) is 18.9 Å². The molecule has 4 nitrogen and oxygen atoms in total. The van der Waals surface area contributed by atoms with Crippen molar-refractivity contribution in [2.75, 3.05) is 13.2 Å². The molecule has 6 aliphatic rings. The quantitative estimate of drug-likeness (QED) is 0.164. The Bertz CT molecular complexity index is 1010. The molecule has 8 atom stereocenters. The van der Waals surface area contributed by atoms with Gasteiger partial charge in [-0.1, -0.05) is 78.6 Å². The summed E-state index contributed by atoms with van der Waals surface area (Å²) in [5.41, 5.74) is 0. The molecule has 6 fully saturated rings. The average Bonchev–Trinajstić information content (AvgIpc) is 3.21. The van der Waals surface area contributed by atoms with Gasteiger partial charge in [-0.15, -0.1) is 0 Å². The second-order valence-electron chi connectivity index (χ2n) is 19.5. The van der Waals surface area contributed by atoms with Crippen molar-refractivity contribution in [2.45, 2.75) is 232 Å². The van der Waals surface area contributed by atoms with Crippen LogP contribution in [0.2, 0.25) is 0 Å². The van der Waals surface area contributed by atoms with Gasteiger partial charge in [0.05, 0.1) is 12.2 Å². The van der Waals surface area contributed by atoms with Gasteiger partial charge in [0.1, 0.15) is 12.3 Å². The molecular formula is C48H96F4O4. The van der Waals surface area contributed by atoms with Gasteiger partial charge in [0.15, 0.2) is 12.3 Å². The van der Waals surface area contributed by atoms with Crippen LogP contribution in [0.3, 0.4) is 0 Å². The Morgan fingerprint density at radius 2 is 0.768 bits per heavy atom. The highest BCUT2D eigenvalue weighted by molar-refractivity contribution is 4.95. The highest BCUT2D eigenvalue weighted by Gasteiger charge is 2.46. The summed E-state index contributed by atoms with van der Waals surface area (Å²) in [7, 11) is 0. The van der Waals surface area contributed by atoms with Crippen molar-refractivity contribution in [3.05, 3.63) is 0 Å². The molecule has 4 N–H and O–H groups in total. The van der Waals surface area contributed by atoms with Gasteiger partial charge < -0.3 is 20.4 Å². The molecule has 8 heteroatoms. The van der Waals surface area contributed by atoms with E-state index in [-0.39, 0.29) is 28.5 Å². The fraction of sp³-hybridized carbons (Fsp3) is 1.00. The molecule has 0 aromatic carbocycles. The fourth-order valence-electron chi connectivity index (χ4n) is 12.9. The molecular weight excluding hydrogens is 717 g/mol. The Morgan fingerprint density at radius 3 is 1.14 bits per heavy atom. The summed E-state index contributed by atoms with van der Waals surface area (Å²) in [4.78, 5) is 0. The summed E-state index contributed by atoms with van der Waals surface area (Å²) in [5.74, 6) is 6.15. The van der Waals surface area contributed by atoms with Gasteiger partial charge in [-0.2, -0.15) is 0 Å². The number of alkyl halides is 4. The summed E-state index contributed by atoms with van der Waals surface area (Å²) >= 11 is 0. The molecule has 56 heavy (non-hydrogen) atoms. The van der Waals surface area contributed by atoms with Crippen LogP contribution in [0.15, 0.2) is 0 Å². The molecule has 0 aromatic heterocycles. The normalized spacial score (nSPS) is 42.0. The molecule has 6 rings (SSSR count). The molecule has 0 amide bonds. The van der Waals surface area contributed by atoms with Gasteiger partial charge in [0.2, 0.25) is 0 Å². The predicted molar refractivity (Wildman–Crippen MR) is 232 cm³/mol. The van der Waals surface area contributed by atoms with E-state index in [0.29, 0.717) is 37.9 Å². The van der Waals surface area contributed by atoms with Crippen LogP contribution >= 0.6 is 0 Å². The largest absolute Gasteiger partial charge is 0.412 e. The Kier molecular flexibility index (Phi) is 23.2. The predicted octanol–water partition coefficient (Wildman–Crippen LogP) is 13.9. The van der Waals surface area contributed by atoms with Crippen LogP contribution in [0.4, 0.5) is 17.6 Å². The minimum Gasteiger partial charge on any atom is -0.412 e. The minimum absolute atomic E-state index is 0. The highest BCUT2D eigenvalue weighted by atomic mass is 19.2. The molecule has 0 aliphatic heterocycles. The summed E-state index contributed by atoms with van der Waals surface area (Å²) in [5, 5.41) is 0. The Balaban J connectivity index is 0. The molecule has 0 heterocycles. The first-order valence-corrected chi connectivity index (χ1v) is 24.1. The van der Waals surface area contributed by atoms with Crippen molar-refractivity contribution in [1.29, 1.82) is 0 Å². The van der Waals surface area contributed by atoms with Crippen LogP contribution in [-0.2, 0) is 9.47 Å². The molecule has 6 aliphatic carbocycles. The van der Waals surface area contributed by atoms with Gasteiger partial charge >= 0.3 is 0 Å². The fourth-order valence-corrected chi connectivity index (χ4v) is 12.9. The topological polar surface area (TPSA) is 81.5 Å². The molecule has 340 valence electrons. The number of hydrogen-bond donors (Lipinski definition) is 0. The lowest BCUT2D eigenvalue weighted by atomic mass is 9.65. The summed E-state index contributed by atoms with van der Waals surface area (Å²) < 4.78 is 69.5. The van der Waals surface area contributed by atoms with Crippen LogP contribution in [0, 0.1) is 59.2 Å². The van der Waals surface area contributed by atoms with E-state index in [1.54, 1.807) is 0 Å². The molecule has 8 unspecified atom stereocenters. The zero-order valence-corrected chi connectivity index (χ0v) is 36.4. The first-order chi connectivity index (χ1) is 26.3. The van der Waals surface area contributed by atoms with E-state index in [1.165, 1.54) is 109 Å². The van der Waals surface area contributed by atoms with E-state index >= 15 is 0 Å². The third kappa shape index (κ3) is 13.8. The van der Waals surface area contributed by atoms with Crippen molar-refractivity contribution >= 4 is 0 Å². The highest BCUT2D eigenvalue weighted by Crippen LogP contribution is 2.49. The zero-order chi connectivity index (χ0) is 38.5. The van der Waals surface area contributed by atoms with Crippen molar-refractivity contribution in [2.24, 2.45) is 59.2 Å². The zero-order valence-electron chi connectivity index (χ0n) is 36.4. The second kappa shape index (κ2) is 26.0. The lowest BCUT2D eigenvalue weighted by Crippen LogP contribution is -2.46. The maximum atomic E-state index is 14.8. The van der Waals surface area contributed by atoms with Crippen molar-refractivity contribution in [3.8, 4) is 0 Å². The molecule has 0 bridgehead atoms. The molecule has 0 aromatic rings. The molecule has 0 spiro atoms. The van der Waals surface area contributed by atoms with Gasteiger partial charge in [0.25, 0.3) is 0 Å². The van der Waals surface area contributed by atoms with E-state index in [0.717, 1.165) is 80.5 Å². The Hall–Kier alpha value is -0.440. The maximum absolute atomic E-state index is 14.8. The maximum Gasteiger partial charge on any atom is 0.157 e. The summed E-state index contributed by atoms with van der Waals surface area (Å²) in [6.45, 7) is 9.50. The van der Waals surface area contributed by atoms with Crippen LogP contribution in [-0.4, -0.2) is 61.1 Å². The summed E-state index contributed by atoms with van der Waals surface area (Å²) in [6, 6.07) is 0. The van der Waals surface area contributed by atoms with Gasteiger partial charge in [-0.25, -0.2) is 17.6 Å². The smallest absolute Gasteiger partial charge is 0.157 e. The first-order valence-electron chi connectivity index (χ1n) is 24.1.